The lowest BCUT2D eigenvalue weighted by Crippen LogP contribution is -2.15. The number of nitrogens with one attached hydrogen (secondary N) is 1. The van der Waals surface area contributed by atoms with E-state index in [1.807, 2.05) is 18.4 Å². The molecule has 0 bridgehead atoms. The molecule has 0 saturated carbocycles. The number of rotatable bonds is 3. The molecule has 8 heteroatoms. The number of thiophene rings is 1. The van der Waals surface area contributed by atoms with Crippen molar-refractivity contribution in [3.63, 3.8) is 0 Å². The molecular formula is C18H13ClF3N3S. The van der Waals surface area contributed by atoms with Crippen molar-refractivity contribution in [1.29, 1.82) is 0 Å². The second kappa shape index (κ2) is 7.52. The molecule has 0 spiro atoms. The van der Waals surface area contributed by atoms with Gasteiger partial charge in [-0.15, -0.1) is 11.3 Å². The Balaban J connectivity index is 1.76. The fraction of sp³-hybridized carbons (Fsp3) is 0.222. The lowest BCUT2D eigenvalue weighted by Gasteiger charge is -2.12. The van der Waals surface area contributed by atoms with Crippen LogP contribution < -0.4 is 5.32 Å². The largest absolute Gasteiger partial charge is 0.417 e. The van der Waals surface area contributed by atoms with Gasteiger partial charge in [0.15, 0.2) is 0 Å². The van der Waals surface area contributed by atoms with E-state index in [-0.39, 0.29) is 16.6 Å². The maximum Gasteiger partial charge on any atom is 0.417 e. The van der Waals surface area contributed by atoms with Crippen LogP contribution in [0, 0.1) is 11.8 Å². The molecule has 3 aromatic rings. The Morgan fingerprint density at radius 1 is 1.27 bits per heavy atom. The molecule has 26 heavy (non-hydrogen) atoms. The highest BCUT2D eigenvalue weighted by atomic mass is 35.5. The molecule has 3 nitrogen and oxygen atoms in total. The Kier molecular flexibility index (Phi) is 5.35. The monoisotopic (exact) mass is 395 g/mol. The van der Waals surface area contributed by atoms with E-state index in [0.29, 0.717) is 12.2 Å². The van der Waals surface area contributed by atoms with Crippen molar-refractivity contribution < 1.29 is 13.2 Å². The standard InChI is InChI=1S/C18H13ClF3N3S/c1-11(25-16-13-8-9-26-17(13)24-10-23-16)4-2-5-12-14(18(20,21)22)6-3-7-15(12)19/h3,6-11H,4H2,1H3,(H,23,24,25). The second-order valence-electron chi connectivity index (χ2n) is 5.57. The normalized spacial score (nSPS) is 12.5. The summed E-state index contributed by atoms with van der Waals surface area (Å²) in [5.41, 5.74) is -1.02. The molecule has 0 fully saturated rings. The van der Waals surface area contributed by atoms with Crippen molar-refractivity contribution in [3.8, 4) is 11.8 Å². The van der Waals surface area contributed by atoms with E-state index in [1.165, 1.54) is 29.8 Å². The number of alkyl halides is 3. The number of halogens is 4. The third kappa shape index (κ3) is 4.09. The van der Waals surface area contributed by atoms with E-state index in [0.717, 1.165) is 16.3 Å². The number of benzene rings is 1. The van der Waals surface area contributed by atoms with Gasteiger partial charge in [-0.05, 0) is 30.5 Å². The molecule has 0 saturated heterocycles. The minimum Gasteiger partial charge on any atom is -0.366 e. The van der Waals surface area contributed by atoms with Crippen molar-refractivity contribution >= 4 is 39.0 Å². The summed E-state index contributed by atoms with van der Waals surface area (Å²) >= 11 is 7.41. The van der Waals surface area contributed by atoms with Crippen molar-refractivity contribution in [2.75, 3.05) is 5.32 Å². The number of aromatic nitrogens is 2. The number of nitrogens with zero attached hydrogens (tertiary/aromatic N) is 2. The molecule has 134 valence electrons. The smallest absolute Gasteiger partial charge is 0.366 e. The van der Waals surface area contributed by atoms with Crippen molar-refractivity contribution in [1.82, 2.24) is 9.97 Å². The Morgan fingerprint density at radius 2 is 2.08 bits per heavy atom. The van der Waals surface area contributed by atoms with E-state index in [9.17, 15) is 13.2 Å². The van der Waals surface area contributed by atoms with Crippen LogP contribution in [-0.2, 0) is 6.18 Å². The zero-order chi connectivity index (χ0) is 18.7. The van der Waals surface area contributed by atoms with Gasteiger partial charge in [0.25, 0.3) is 0 Å². The van der Waals surface area contributed by atoms with E-state index < -0.39 is 11.7 Å². The minimum atomic E-state index is -4.50. The summed E-state index contributed by atoms with van der Waals surface area (Å²) in [5.74, 6) is 6.02. The number of hydrogen-bond donors (Lipinski definition) is 1. The summed E-state index contributed by atoms with van der Waals surface area (Å²) in [6, 6.07) is 5.45. The third-order valence-electron chi connectivity index (χ3n) is 3.59. The van der Waals surface area contributed by atoms with E-state index >= 15 is 0 Å². The lowest BCUT2D eigenvalue weighted by atomic mass is 10.1. The molecule has 1 N–H and O–H groups in total. The first kappa shape index (κ1) is 18.5. The topological polar surface area (TPSA) is 37.8 Å². The summed E-state index contributed by atoms with van der Waals surface area (Å²) in [4.78, 5) is 9.25. The van der Waals surface area contributed by atoms with Gasteiger partial charge in [-0.3, -0.25) is 0 Å². The highest BCUT2D eigenvalue weighted by Gasteiger charge is 2.33. The van der Waals surface area contributed by atoms with E-state index in [4.69, 9.17) is 11.6 Å². The van der Waals surface area contributed by atoms with Gasteiger partial charge in [0.2, 0.25) is 0 Å². The first-order valence-electron chi connectivity index (χ1n) is 7.65. The molecule has 0 radical (unpaired) electrons. The van der Waals surface area contributed by atoms with Crippen LogP contribution in [0.25, 0.3) is 10.2 Å². The maximum absolute atomic E-state index is 13.1. The fourth-order valence-corrected chi connectivity index (χ4v) is 3.32. The van der Waals surface area contributed by atoms with Gasteiger partial charge in [0.05, 0.1) is 21.5 Å². The van der Waals surface area contributed by atoms with Crippen LogP contribution in [0.1, 0.15) is 24.5 Å². The van der Waals surface area contributed by atoms with E-state index in [2.05, 4.69) is 27.1 Å². The van der Waals surface area contributed by atoms with Gasteiger partial charge < -0.3 is 5.32 Å². The average Bonchev–Trinajstić information content (AvgIpc) is 3.05. The Morgan fingerprint density at radius 3 is 2.85 bits per heavy atom. The number of anilines is 1. The summed E-state index contributed by atoms with van der Waals surface area (Å²) in [6.45, 7) is 1.88. The summed E-state index contributed by atoms with van der Waals surface area (Å²) in [6.07, 6.45) is -2.69. The van der Waals surface area contributed by atoms with Crippen molar-refractivity contribution in [3.05, 3.63) is 52.1 Å². The van der Waals surface area contributed by atoms with Crippen molar-refractivity contribution in [2.24, 2.45) is 0 Å². The molecule has 1 unspecified atom stereocenters. The summed E-state index contributed by atoms with van der Waals surface area (Å²) < 4.78 is 39.2. The Hall–Kier alpha value is -2.30. The Bertz CT molecular complexity index is 988. The molecular weight excluding hydrogens is 383 g/mol. The van der Waals surface area contributed by atoms with Crippen molar-refractivity contribution in [2.45, 2.75) is 25.6 Å². The SMILES string of the molecule is CC(CC#Cc1c(Cl)cccc1C(F)(F)F)Nc1ncnc2sccc12. The lowest BCUT2D eigenvalue weighted by molar-refractivity contribution is -0.137. The van der Waals surface area contributed by atoms with Crippen LogP contribution in [0.2, 0.25) is 5.02 Å². The number of fused-ring (bicyclic) bond motifs is 1. The predicted molar refractivity (Wildman–Crippen MR) is 98.4 cm³/mol. The van der Waals surface area contributed by atoms with Crippen LogP contribution in [0.15, 0.2) is 36.0 Å². The zero-order valence-corrected chi connectivity index (χ0v) is 15.1. The minimum absolute atomic E-state index is 0.0104. The molecule has 0 aliphatic rings. The predicted octanol–water partition coefficient (Wildman–Crippen LogP) is 5.61. The molecule has 3 rings (SSSR count). The first-order chi connectivity index (χ1) is 12.4. The van der Waals surface area contributed by atoms with Crippen LogP contribution in [-0.4, -0.2) is 16.0 Å². The summed E-state index contributed by atoms with van der Waals surface area (Å²) in [5, 5.41) is 6.03. The van der Waals surface area contributed by atoms with Crippen LogP contribution in [0.3, 0.4) is 0 Å². The zero-order valence-electron chi connectivity index (χ0n) is 13.6. The number of hydrogen-bond acceptors (Lipinski definition) is 4. The molecule has 0 aliphatic heterocycles. The molecule has 0 amide bonds. The van der Waals surface area contributed by atoms with Gasteiger partial charge in [-0.25, -0.2) is 9.97 Å². The molecule has 2 heterocycles. The highest BCUT2D eigenvalue weighted by Crippen LogP contribution is 2.34. The van der Waals surface area contributed by atoms with E-state index in [1.54, 1.807) is 0 Å². The molecule has 1 atom stereocenters. The highest BCUT2D eigenvalue weighted by molar-refractivity contribution is 7.16. The maximum atomic E-state index is 13.1. The Labute approximate surface area is 157 Å². The van der Waals surface area contributed by atoms with Gasteiger partial charge in [-0.2, -0.15) is 13.2 Å². The second-order valence-corrected chi connectivity index (χ2v) is 6.87. The summed E-state index contributed by atoms with van der Waals surface area (Å²) in [7, 11) is 0. The quantitative estimate of drug-likeness (QED) is 0.586. The van der Waals surface area contributed by atoms with Crippen LogP contribution >= 0.6 is 22.9 Å². The van der Waals surface area contributed by atoms with Crippen LogP contribution in [0.5, 0.6) is 0 Å². The fourth-order valence-electron chi connectivity index (χ4n) is 2.37. The molecule has 1 aromatic carbocycles. The third-order valence-corrected chi connectivity index (χ3v) is 4.72. The van der Waals surface area contributed by atoms with Gasteiger partial charge in [-0.1, -0.05) is 29.5 Å². The van der Waals surface area contributed by atoms with Gasteiger partial charge in [0.1, 0.15) is 17.0 Å². The average molecular weight is 396 g/mol. The van der Waals surface area contributed by atoms with Crippen LogP contribution in [0.4, 0.5) is 19.0 Å². The first-order valence-corrected chi connectivity index (χ1v) is 8.91. The van der Waals surface area contributed by atoms with Gasteiger partial charge >= 0.3 is 6.18 Å². The molecule has 0 aliphatic carbocycles. The molecule has 2 aromatic heterocycles. The van der Waals surface area contributed by atoms with Gasteiger partial charge in [0, 0.05) is 12.5 Å².